The third-order valence-corrected chi connectivity index (χ3v) is 5.05. The zero-order valence-corrected chi connectivity index (χ0v) is 13.1. The van der Waals surface area contributed by atoms with Crippen LogP contribution in [0.25, 0.3) is 0 Å². The van der Waals surface area contributed by atoms with Crippen molar-refractivity contribution in [1.82, 2.24) is 10.2 Å². The van der Waals surface area contributed by atoms with E-state index in [0.717, 1.165) is 19.3 Å². The zero-order valence-electron chi connectivity index (χ0n) is 13.1. The number of aliphatic carboxylic acids is 1. The average molecular weight is 298 g/mol. The SMILES string of the molecule is CCOC1CC(NC(=O)N(C)CC(C)C(=O)O)C12CCC2. The molecule has 3 atom stereocenters. The Hall–Kier alpha value is -1.30. The summed E-state index contributed by atoms with van der Waals surface area (Å²) in [5, 5.41) is 12.0. The molecule has 2 fully saturated rings. The van der Waals surface area contributed by atoms with E-state index in [2.05, 4.69) is 5.32 Å². The van der Waals surface area contributed by atoms with Crippen LogP contribution in [0.4, 0.5) is 4.79 Å². The van der Waals surface area contributed by atoms with Crippen molar-refractivity contribution < 1.29 is 19.4 Å². The maximum atomic E-state index is 12.2. The van der Waals surface area contributed by atoms with Crippen LogP contribution in [0.5, 0.6) is 0 Å². The number of urea groups is 1. The first kappa shape index (κ1) is 16.1. The Kier molecular flexibility index (Phi) is 4.76. The fraction of sp³-hybridized carbons (Fsp3) is 0.867. The second kappa shape index (κ2) is 6.22. The lowest BCUT2D eigenvalue weighted by Crippen LogP contribution is -2.68. The molecule has 2 amide bonds. The second-order valence-corrected chi connectivity index (χ2v) is 6.39. The van der Waals surface area contributed by atoms with E-state index in [4.69, 9.17) is 9.84 Å². The maximum Gasteiger partial charge on any atom is 0.317 e. The van der Waals surface area contributed by atoms with Crippen LogP contribution in [-0.4, -0.2) is 54.4 Å². The van der Waals surface area contributed by atoms with Gasteiger partial charge in [0.1, 0.15) is 0 Å². The molecule has 2 N–H and O–H groups in total. The van der Waals surface area contributed by atoms with E-state index in [0.29, 0.717) is 6.61 Å². The molecule has 2 rings (SSSR count). The van der Waals surface area contributed by atoms with Crippen molar-refractivity contribution in [1.29, 1.82) is 0 Å². The normalized spacial score (nSPS) is 27.4. The molecule has 1 spiro atoms. The van der Waals surface area contributed by atoms with Gasteiger partial charge in [0.15, 0.2) is 0 Å². The van der Waals surface area contributed by atoms with Crippen molar-refractivity contribution in [3.05, 3.63) is 0 Å². The summed E-state index contributed by atoms with van der Waals surface area (Å²) in [5.41, 5.74) is 0.130. The minimum absolute atomic E-state index is 0.130. The first-order valence-corrected chi connectivity index (χ1v) is 7.76. The molecule has 21 heavy (non-hydrogen) atoms. The minimum atomic E-state index is -0.884. The quantitative estimate of drug-likeness (QED) is 0.782. The third kappa shape index (κ3) is 3.00. The fourth-order valence-corrected chi connectivity index (χ4v) is 3.47. The average Bonchev–Trinajstić information content (AvgIpc) is 2.34. The number of amides is 2. The van der Waals surface area contributed by atoms with Gasteiger partial charge < -0.3 is 20.1 Å². The smallest absolute Gasteiger partial charge is 0.317 e. The number of carbonyl (C=O) groups is 2. The van der Waals surface area contributed by atoms with Crippen molar-refractivity contribution in [3.63, 3.8) is 0 Å². The monoisotopic (exact) mass is 298 g/mol. The van der Waals surface area contributed by atoms with E-state index in [1.165, 1.54) is 11.3 Å². The fourth-order valence-electron chi connectivity index (χ4n) is 3.47. The Morgan fingerprint density at radius 1 is 1.48 bits per heavy atom. The van der Waals surface area contributed by atoms with Crippen LogP contribution < -0.4 is 5.32 Å². The predicted molar refractivity (Wildman–Crippen MR) is 78.1 cm³/mol. The van der Waals surface area contributed by atoms with E-state index < -0.39 is 11.9 Å². The lowest BCUT2D eigenvalue weighted by atomic mass is 9.51. The molecule has 6 nitrogen and oxygen atoms in total. The van der Waals surface area contributed by atoms with Gasteiger partial charge in [-0.2, -0.15) is 0 Å². The highest BCUT2D eigenvalue weighted by atomic mass is 16.5. The molecule has 0 aromatic rings. The van der Waals surface area contributed by atoms with Gasteiger partial charge in [0.25, 0.3) is 0 Å². The molecule has 3 unspecified atom stereocenters. The summed E-state index contributed by atoms with van der Waals surface area (Å²) < 4.78 is 5.76. The number of ether oxygens (including phenoxy) is 1. The minimum Gasteiger partial charge on any atom is -0.481 e. The number of hydrogen-bond donors (Lipinski definition) is 2. The number of carboxylic acid groups (broad SMARTS) is 1. The summed E-state index contributed by atoms with van der Waals surface area (Å²) in [6, 6.07) is -0.0211. The van der Waals surface area contributed by atoms with Crippen molar-refractivity contribution in [3.8, 4) is 0 Å². The summed E-state index contributed by atoms with van der Waals surface area (Å²) >= 11 is 0. The van der Waals surface area contributed by atoms with Crippen molar-refractivity contribution in [2.24, 2.45) is 11.3 Å². The Balaban J connectivity index is 1.84. The highest BCUT2D eigenvalue weighted by Crippen LogP contribution is 2.57. The van der Waals surface area contributed by atoms with Crippen LogP contribution in [0.15, 0.2) is 0 Å². The standard InChI is InChI=1S/C15H26N2O4/c1-4-21-12-8-11(15(12)6-5-7-15)16-14(20)17(3)9-10(2)13(18)19/h10-12H,4-9H2,1-3H3,(H,16,20)(H,18,19). The zero-order chi connectivity index (χ0) is 15.6. The van der Waals surface area contributed by atoms with E-state index >= 15 is 0 Å². The number of rotatable bonds is 6. The molecule has 6 heteroatoms. The van der Waals surface area contributed by atoms with E-state index in [1.807, 2.05) is 6.92 Å². The van der Waals surface area contributed by atoms with Gasteiger partial charge >= 0.3 is 12.0 Å². The summed E-state index contributed by atoms with van der Waals surface area (Å²) in [7, 11) is 1.64. The lowest BCUT2D eigenvalue weighted by Gasteiger charge is -2.61. The highest BCUT2D eigenvalue weighted by Gasteiger charge is 2.59. The topological polar surface area (TPSA) is 78.9 Å². The Labute approximate surface area is 125 Å². The van der Waals surface area contributed by atoms with Crippen molar-refractivity contribution in [2.75, 3.05) is 20.2 Å². The Bertz CT molecular complexity index is 408. The Morgan fingerprint density at radius 3 is 2.62 bits per heavy atom. The van der Waals surface area contributed by atoms with Crippen LogP contribution >= 0.6 is 0 Å². The summed E-state index contributed by atoms with van der Waals surface area (Å²) in [4.78, 5) is 24.5. The molecular formula is C15H26N2O4. The highest BCUT2D eigenvalue weighted by molar-refractivity contribution is 5.76. The molecule has 0 aromatic heterocycles. The summed E-state index contributed by atoms with van der Waals surface area (Å²) in [5.74, 6) is -1.44. The number of nitrogens with zero attached hydrogens (tertiary/aromatic N) is 1. The van der Waals surface area contributed by atoms with Gasteiger partial charge in [-0.25, -0.2) is 4.79 Å². The predicted octanol–water partition coefficient (Wildman–Crippen LogP) is 1.70. The first-order chi connectivity index (χ1) is 9.90. The summed E-state index contributed by atoms with van der Waals surface area (Å²) in [6.07, 6.45) is 4.55. The number of nitrogens with one attached hydrogen (secondary N) is 1. The second-order valence-electron chi connectivity index (χ2n) is 6.39. The largest absolute Gasteiger partial charge is 0.481 e. The van der Waals surface area contributed by atoms with Gasteiger partial charge in [-0.1, -0.05) is 13.3 Å². The lowest BCUT2D eigenvalue weighted by molar-refractivity contribution is -0.169. The van der Waals surface area contributed by atoms with E-state index in [1.54, 1.807) is 14.0 Å². The molecule has 0 aromatic carbocycles. The molecule has 0 radical (unpaired) electrons. The first-order valence-electron chi connectivity index (χ1n) is 7.76. The van der Waals surface area contributed by atoms with Crippen LogP contribution in [0.1, 0.15) is 39.5 Å². The van der Waals surface area contributed by atoms with Crippen molar-refractivity contribution >= 4 is 12.0 Å². The van der Waals surface area contributed by atoms with Gasteiger partial charge in [-0.15, -0.1) is 0 Å². The van der Waals surface area contributed by atoms with Crippen LogP contribution in [0.2, 0.25) is 0 Å². The van der Waals surface area contributed by atoms with Gasteiger partial charge in [0.2, 0.25) is 0 Å². The van der Waals surface area contributed by atoms with Crippen molar-refractivity contribution in [2.45, 2.75) is 51.7 Å². The molecular weight excluding hydrogens is 272 g/mol. The number of carbonyl (C=O) groups excluding carboxylic acids is 1. The van der Waals surface area contributed by atoms with E-state index in [9.17, 15) is 9.59 Å². The molecule has 0 saturated heterocycles. The molecule has 120 valence electrons. The van der Waals surface area contributed by atoms with Gasteiger partial charge in [-0.05, 0) is 26.2 Å². The van der Waals surface area contributed by atoms with Gasteiger partial charge in [-0.3, -0.25) is 4.79 Å². The molecule has 0 bridgehead atoms. The third-order valence-electron chi connectivity index (χ3n) is 5.05. The van der Waals surface area contributed by atoms with E-state index in [-0.39, 0.29) is 30.1 Å². The summed E-state index contributed by atoms with van der Waals surface area (Å²) in [6.45, 7) is 4.53. The van der Waals surface area contributed by atoms with Crippen LogP contribution in [0.3, 0.4) is 0 Å². The van der Waals surface area contributed by atoms with Crippen LogP contribution in [0, 0.1) is 11.3 Å². The molecule has 0 heterocycles. The van der Waals surface area contributed by atoms with Crippen LogP contribution in [-0.2, 0) is 9.53 Å². The maximum absolute atomic E-state index is 12.2. The number of carboxylic acids is 1. The van der Waals surface area contributed by atoms with Gasteiger partial charge in [0, 0.05) is 31.7 Å². The molecule has 2 aliphatic carbocycles. The molecule has 2 aliphatic rings. The van der Waals surface area contributed by atoms with Gasteiger partial charge in [0.05, 0.1) is 12.0 Å². The molecule has 2 saturated carbocycles. The number of hydrogen-bond acceptors (Lipinski definition) is 3. The Morgan fingerprint density at radius 2 is 2.14 bits per heavy atom. The molecule has 0 aliphatic heterocycles.